The molecule has 1 saturated heterocycles. The maximum absolute atomic E-state index is 12.3. The highest BCUT2D eigenvalue weighted by Crippen LogP contribution is 2.24. The third-order valence-corrected chi connectivity index (χ3v) is 5.95. The molecule has 0 radical (unpaired) electrons. The lowest BCUT2D eigenvalue weighted by Crippen LogP contribution is -2.33. The van der Waals surface area contributed by atoms with Gasteiger partial charge in [-0.3, -0.25) is 4.79 Å². The Balaban J connectivity index is 2.23. The van der Waals surface area contributed by atoms with Crippen LogP contribution in [0.25, 0.3) is 0 Å². The lowest BCUT2D eigenvalue weighted by molar-refractivity contribution is -0.120. The molecule has 0 saturated carbocycles. The Bertz CT molecular complexity index is 521. The van der Waals surface area contributed by atoms with E-state index in [1.165, 1.54) is 15.6 Å². The Morgan fingerprint density at radius 2 is 2.12 bits per heavy atom. The first kappa shape index (κ1) is 12.5. The molecule has 1 aliphatic heterocycles. The molecule has 2 heterocycles. The summed E-state index contributed by atoms with van der Waals surface area (Å²) in [5.74, 6) is -0.0925. The summed E-state index contributed by atoms with van der Waals surface area (Å²) in [7, 11) is -3.43. The summed E-state index contributed by atoms with van der Waals surface area (Å²) < 4.78 is 26.2. The van der Waals surface area contributed by atoms with E-state index in [9.17, 15) is 13.2 Å². The number of sulfonamides is 1. The predicted molar refractivity (Wildman–Crippen MR) is 65.4 cm³/mol. The van der Waals surface area contributed by atoms with Crippen molar-refractivity contribution in [2.24, 2.45) is 0 Å². The van der Waals surface area contributed by atoms with Gasteiger partial charge in [-0.1, -0.05) is 0 Å². The maximum Gasteiger partial charge on any atom is 0.252 e. The normalized spacial score (nSPS) is 18.8. The third-order valence-electron chi connectivity index (χ3n) is 2.58. The van der Waals surface area contributed by atoms with Crippen molar-refractivity contribution in [2.45, 2.75) is 17.6 Å². The summed E-state index contributed by atoms with van der Waals surface area (Å²) in [6.45, 7) is 2.84. The molecule has 0 atom stereocenters. The van der Waals surface area contributed by atoms with Crippen LogP contribution in [0.5, 0.6) is 0 Å². The van der Waals surface area contributed by atoms with Crippen LogP contribution < -0.4 is 5.32 Å². The fraction of sp³-hybridized carbons (Fsp3) is 0.500. The molecule has 7 heteroatoms. The second kappa shape index (κ2) is 4.75. The minimum atomic E-state index is -3.43. The highest BCUT2D eigenvalue weighted by molar-refractivity contribution is 7.91. The summed E-state index contributed by atoms with van der Waals surface area (Å²) in [6, 6.07) is 3.41. The topological polar surface area (TPSA) is 66.5 Å². The lowest BCUT2D eigenvalue weighted by Gasteiger charge is -2.17. The zero-order valence-electron chi connectivity index (χ0n) is 9.47. The Morgan fingerprint density at radius 3 is 2.76 bits per heavy atom. The quantitative estimate of drug-likeness (QED) is 0.857. The number of rotatable bonds is 2. The smallest absolute Gasteiger partial charge is 0.252 e. The summed E-state index contributed by atoms with van der Waals surface area (Å²) in [5, 5.41) is 2.66. The van der Waals surface area contributed by atoms with Crippen LogP contribution >= 0.6 is 11.3 Å². The molecule has 1 aromatic heterocycles. The number of carbonyl (C=O) groups excluding carboxylic acids is 1. The Kier molecular flexibility index (Phi) is 3.50. The van der Waals surface area contributed by atoms with Crippen LogP contribution in [0.4, 0.5) is 0 Å². The average molecular weight is 274 g/mol. The van der Waals surface area contributed by atoms with Crippen molar-refractivity contribution in [3.8, 4) is 0 Å². The van der Waals surface area contributed by atoms with Crippen molar-refractivity contribution < 1.29 is 13.2 Å². The van der Waals surface area contributed by atoms with Gasteiger partial charge in [-0.2, -0.15) is 4.31 Å². The van der Waals surface area contributed by atoms with E-state index >= 15 is 0 Å². The summed E-state index contributed by atoms with van der Waals surface area (Å²) in [4.78, 5) is 12.1. The van der Waals surface area contributed by atoms with Gasteiger partial charge in [0.1, 0.15) is 4.21 Å². The van der Waals surface area contributed by atoms with Gasteiger partial charge in [0, 0.05) is 30.9 Å². The van der Waals surface area contributed by atoms with Gasteiger partial charge in [-0.15, -0.1) is 11.3 Å². The van der Waals surface area contributed by atoms with E-state index in [2.05, 4.69) is 5.32 Å². The first-order valence-electron chi connectivity index (χ1n) is 5.33. The Hall–Kier alpha value is -0.920. The van der Waals surface area contributed by atoms with E-state index < -0.39 is 10.0 Å². The molecule has 0 bridgehead atoms. The largest absolute Gasteiger partial charge is 0.355 e. The van der Waals surface area contributed by atoms with Crippen molar-refractivity contribution in [1.29, 1.82) is 0 Å². The zero-order chi connectivity index (χ0) is 12.5. The van der Waals surface area contributed by atoms with E-state index in [1.807, 2.05) is 6.92 Å². The van der Waals surface area contributed by atoms with Gasteiger partial charge in [0.15, 0.2) is 0 Å². The molecule has 1 N–H and O–H groups in total. The summed E-state index contributed by atoms with van der Waals surface area (Å²) in [6.07, 6.45) is 0.226. The van der Waals surface area contributed by atoms with Crippen LogP contribution in [-0.4, -0.2) is 38.3 Å². The highest BCUT2D eigenvalue weighted by Gasteiger charge is 2.27. The van der Waals surface area contributed by atoms with Crippen molar-refractivity contribution in [2.75, 3.05) is 19.6 Å². The number of aryl methyl sites for hydroxylation is 1. The van der Waals surface area contributed by atoms with Gasteiger partial charge in [0.05, 0.1) is 0 Å². The van der Waals surface area contributed by atoms with Crippen LogP contribution in [0, 0.1) is 6.92 Å². The Labute approximate surface area is 104 Å². The minimum absolute atomic E-state index is 0.0925. The average Bonchev–Trinajstić information content (AvgIpc) is 2.58. The molecule has 0 aromatic carbocycles. The summed E-state index contributed by atoms with van der Waals surface area (Å²) in [5.41, 5.74) is 0. The fourth-order valence-electron chi connectivity index (χ4n) is 1.66. The SMILES string of the molecule is Cc1ccc(S(=O)(=O)N2CCNC(=O)CC2)s1. The zero-order valence-corrected chi connectivity index (χ0v) is 11.1. The van der Waals surface area contributed by atoms with Crippen LogP contribution in [0.3, 0.4) is 0 Å². The van der Waals surface area contributed by atoms with Crippen LogP contribution in [0.1, 0.15) is 11.3 Å². The molecular weight excluding hydrogens is 260 g/mol. The molecule has 0 aliphatic carbocycles. The molecule has 2 rings (SSSR count). The van der Waals surface area contributed by atoms with Crippen molar-refractivity contribution in [3.05, 3.63) is 17.0 Å². The monoisotopic (exact) mass is 274 g/mol. The number of thiophene rings is 1. The molecule has 1 aliphatic rings. The lowest BCUT2D eigenvalue weighted by atomic mass is 10.4. The van der Waals surface area contributed by atoms with Gasteiger partial charge < -0.3 is 5.32 Å². The van der Waals surface area contributed by atoms with E-state index in [0.29, 0.717) is 17.3 Å². The van der Waals surface area contributed by atoms with Gasteiger partial charge in [0.25, 0.3) is 10.0 Å². The highest BCUT2D eigenvalue weighted by atomic mass is 32.2. The number of carbonyl (C=O) groups is 1. The van der Waals surface area contributed by atoms with Gasteiger partial charge in [-0.05, 0) is 19.1 Å². The first-order valence-corrected chi connectivity index (χ1v) is 7.59. The van der Waals surface area contributed by atoms with E-state index in [4.69, 9.17) is 0 Å². The maximum atomic E-state index is 12.3. The molecule has 5 nitrogen and oxygen atoms in total. The van der Waals surface area contributed by atoms with E-state index in [-0.39, 0.29) is 18.9 Å². The number of hydrogen-bond donors (Lipinski definition) is 1. The van der Waals surface area contributed by atoms with Gasteiger partial charge >= 0.3 is 0 Å². The molecule has 1 amide bonds. The van der Waals surface area contributed by atoms with Crippen LogP contribution in [-0.2, 0) is 14.8 Å². The van der Waals surface area contributed by atoms with Crippen LogP contribution in [0.2, 0.25) is 0 Å². The van der Waals surface area contributed by atoms with E-state index in [0.717, 1.165) is 4.88 Å². The first-order chi connectivity index (χ1) is 8.00. The molecule has 94 valence electrons. The molecule has 1 fully saturated rings. The Morgan fingerprint density at radius 1 is 1.35 bits per heavy atom. The molecule has 0 spiro atoms. The van der Waals surface area contributed by atoms with Crippen molar-refractivity contribution in [1.82, 2.24) is 9.62 Å². The molecule has 0 unspecified atom stereocenters. The van der Waals surface area contributed by atoms with Crippen molar-refractivity contribution >= 4 is 27.3 Å². The summed E-state index contributed by atoms with van der Waals surface area (Å²) >= 11 is 1.26. The predicted octanol–water partition coefficient (Wildman–Crippen LogP) is 0.567. The van der Waals surface area contributed by atoms with Crippen LogP contribution in [0.15, 0.2) is 16.3 Å². The standard InChI is InChI=1S/C10H14N2O3S2/c1-8-2-3-10(16-8)17(14,15)12-6-4-9(13)11-5-7-12/h2-3H,4-7H2,1H3,(H,11,13). The third kappa shape index (κ3) is 2.67. The second-order valence-electron chi connectivity index (χ2n) is 3.87. The number of nitrogens with one attached hydrogen (secondary N) is 1. The molecule has 17 heavy (non-hydrogen) atoms. The second-order valence-corrected chi connectivity index (χ2v) is 7.32. The fourth-order valence-corrected chi connectivity index (χ4v) is 4.54. The van der Waals surface area contributed by atoms with Gasteiger partial charge in [-0.25, -0.2) is 8.42 Å². The van der Waals surface area contributed by atoms with E-state index in [1.54, 1.807) is 12.1 Å². The number of hydrogen-bond acceptors (Lipinski definition) is 4. The van der Waals surface area contributed by atoms with Crippen molar-refractivity contribution in [3.63, 3.8) is 0 Å². The molecule has 1 aromatic rings. The number of nitrogens with zero attached hydrogens (tertiary/aromatic N) is 1. The number of amides is 1. The minimum Gasteiger partial charge on any atom is -0.355 e. The van der Waals surface area contributed by atoms with Gasteiger partial charge in [0.2, 0.25) is 5.91 Å². The molecular formula is C10H14N2O3S2.